The summed E-state index contributed by atoms with van der Waals surface area (Å²) in [6.45, 7) is -0.232. The summed E-state index contributed by atoms with van der Waals surface area (Å²) in [6, 6.07) is 17.5. The van der Waals surface area contributed by atoms with Crippen molar-refractivity contribution >= 4 is 55.3 Å². The fourth-order valence-corrected chi connectivity index (χ4v) is 7.16. The van der Waals surface area contributed by atoms with E-state index in [1.165, 1.54) is 0 Å². The third-order valence-corrected chi connectivity index (χ3v) is 9.86. The predicted octanol–water partition coefficient (Wildman–Crippen LogP) is 4.07. The van der Waals surface area contributed by atoms with E-state index in [2.05, 4.69) is 37.2 Å². The number of benzene rings is 2. The van der Waals surface area contributed by atoms with Crippen LogP contribution in [0.1, 0.15) is 6.42 Å². The van der Waals surface area contributed by atoms with Gasteiger partial charge in [-0.15, -0.1) is 0 Å². The van der Waals surface area contributed by atoms with Crippen LogP contribution in [0.3, 0.4) is 0 Å². The van der Waals surface area contributed by atoms with Crippen molar-refractivity contribution in [3.8, 4) is 11.1 Å². The molecule has 5 nitrogen and oxygen atoms in total. The number of nitrogens with one attached hydrogen (secondary N) is 1. The minimum absolute atomic E-state index is 0.152. The molecule has 2 bridgehead atoms. The largest absolute Gasteiger partial charge is 0.325 e. The van der Waals surface area contributed by atoms with Gasteiger partial charge in [0.15, 0.2) is 0 Å². The van der Waals surface area contributed by atoms with Crippen molar-refractivity contribution in [3.63, 3.8) is 0 Å². The molecule has 5 rings (SSSR count). The van der Waals surface area contributed by atoms with Gasteiger partial charge < -0.3 is 5.32 Å². The summed E-state index contributed by atoms with van der Waals surface area (Å²) in [5.41, 5.74) is 2.79. The standard InChI is InChI=1S/C23H20Br2N2O3/c24-20-15-10-16(21(20)25)19-18(15)22(29)27(23(19)30)11-17(28)26-14-8-6-13(7-9-14)12-4-2-1-3-5-12/h1-9,15-16,18-21H,10-11H2,(H,26,28)/t15-,16-,18-,19-,20+,21+/m1/s1. The van der Waals surface area contributed by atoms with E-state index in [-0.39, 0.29) is 57.6 Å². The van der Waals surface area contributed by atoms with Crippen molar-refractivity contribution in [2.45, 2.75) is 16.1 Å². The Morgan fingerprint density at radius 3 is 1.97 bits per heavy atom. The van der Waals surface area contributed by atoms with Crippen LogP contribution in [0.5, 0.6) is 0 Å². The molecule has 1 N–H and O–H groups in total. The Balaban J connectivity index is 1.25. The smallest absolute Gasteiger partial charge is 0.244 e. The summed E-state index contributed by atoms with van der Waals surface area (Å²) >= 11 is 7.35. The maximum Gasteiger partial charge on any atom is 0.244 e. The highest BCUT2D eigenvalue weighted by molar-refractivity contribution is 9.12. The first-order valence-corrected chi connectivity index (χ1v) is 11.9. The molecular formula is C23H20Br2N2O3. The molecule has 1 heterocycles. The quantitative estimate of drug-likeness (QED) is 0.477. The number of hydrogen-bond donors (Lipinski definition) is 1. The number of carbonyl (C=O) groups is 3. The van der Waals surface area contributed by atoms with Crippen LogP contribution in [0.15, 0.2) is 54.6 Å². The predicted molar refractivity (Wildman–Crippen MR) is 121 cm³/mol. The van der Waals surface area contributed by atoms with E-state index in [4.69, 9.17) is 0 Å². The number of anilines is 1. The minimum Gasteiger partial charge on any atom is -0.325 e. The first-order valence-electron chi connectivity index (χ1n) is 10.0. The van der Waals surface area contributed by atoms with Crippen LogP contribution in [0, 0.1) is 23.7 Å². The molecule has 0 spiro atoms. The lowest BCUT2D eigenvalue weighted by Crippen LogP contribution is -2.39. The van der Waals surface area contributed by atoms with E-state index in [0.29, 0.717) is 5.69 Å². The van der Waals surface area contributed by atoms with Crippen LogP contribution in [0.25, 0.3) is 11.1 Å². The lowest BCUT2D eigenvalue weighted by atomic mass is 9.81. The Morgan fingerprint density at radius 1 is 0.867 bits per heavy atom. The molecular weight excluding hydrogens is 512 g/mol. The van der Waals surface area contributed by atoms with Gasteiger partial charge in [0, 0.05) is 15.3 Å². The molecule has 6 atom stereocenters. The van der Waals surface area contributed by atoms with Gasteiger partial charge in [0.2, 0.25) is 17.7 Å². The highest BCUT2D eigenvalue weighted by atomic mass is 79.9. The zero-order valence-corrected chi connectivity index (χ0v) is 19.2. The van der Waals surface area contributed by atoms with Crippen molar-refractivity contribution < 1.29 is 14.4 Å². The number of amides is 3. The second-order valence-corrected chi connectivity index (χ2v) is 10.4. The Hall–Kier alpha value is -1.99. The number of fused-ring (bicyclic) bond motifs is 5. The summed E-state index contributed by atoms with van der Waals surface area (Å²) in [7, 11) is 0. The average molecular weight is 532 g/mol. The Kier molecular flexibility index (Phi) is 5.06. The topological polar surface area (TPSA) is 66.5 Å². The molecule has 3 fully saturated rings. The molecule has 3 amide bonds. The van der Waals surface area contributed by atoms with E-state index in [9.17, 15) is 14.4 Å². The third-order valence-electron chi connectivity index (χ3n) is 6.66. The van der Waals surface area contributed by atoms with Gasteiger partial charge in [0.25, 0.3) is 0 Å². The Bertz CT molecular complexity index is 979. The number of halogens is 2. The fraction of sp³-hybridized carbons (Fsp3) is 0.348. The van der Waals surface area contributed by atoms with Gasteiger partial charge in [-0.25, -0.2) is 0 Å². The van der Waals surface area contributed by atoms with E-state index in [0.717, 1.165) is 22.4 Å². The first-order chi connectivity index (χ1) is 14.5. The number of hydrogen-bond acceptors (Lipinski definition) is 3. The SMILES string of the molecule is O=C(CN1C(=O)[C@@H]2[C@H]3C[C@@H]([C@H](Br)[C@H]3Br)[C@H]2C1=O)Nc1ccc(-c2ccccc2)cc1. The molecule has 2 aromatic carbocycles. The molecule has 2 saturated carbocycles. The van der Waals surface area contributed by atoms with Gasteiger partial charge in [-0.05, 0) is 41.5 Å². The summed E-state index contributed by atoms with van der Waals surface area (Å²) in [4.78, 5) is 39.9. The second-order valence-electron chi connectivity index (χ2n) is 8.26. The number of nitrogens with zero attached hydrogens (tertiary/aromatic N) is 1. The van der Waals surface area contributed by atoms with Crippen molar-refractivity contribution in [1.82, 2.24) is 4.90 Å². The molecule has 7 heteroatoms. The summed E-state index contributed by atoms with van der Waals surface area (Å²) in [5.74, 6) is -1.04. The zero-order chi connectivity index (χ0) is 21.0. The lowest BCUT2D eigenvalue weighted by molar-refractivity contribution is -0.143. The third kappa shape index (κ3) is 3.14. The van der Waals surface area contributed by atoms with E-state index >= 15 is 0 Å². The molecule has 0 radical (unpaired) electrons. The van der Waals surface area contributed by atoms with Gasteiger partial charge in [-0.3, -0.25) is 19.3 Å². The van der Waals surface area contributed by atoms with Crippen molar-refractivity contribution in [2.24, 2.45) is 23.7 Å². The summed E-state index contributed by atoms with van der Waals surface area (Å²) in [5, 5.41) is 2.81. The van der Waals surface area contributed by atoms with E-state index in [1.807, 2.05) is 54.6 Å². The number of likely N-dealkylation sites (tertiary alicyclic amines) is 1. The van der Waals surface area contributed by atoms with Crippen LogP contribution in [-0.2, 0) is 14.4 Å². The first kappa shape index (κ1) is 19.9. The number of carbonyl (C=O) groups excluding carboxylic acids is 3. The lowest BCUT2D eigenvalue weighted by Gasteiger charge is -2.28. The maximum absolute atomic E-state index is 12.9. The van der Waals surface area contributed by atoms with Gasteiger partial charge >= 0.3 is 0 Å². The molecule has 0 aromatic heterocycles. The van der Waals surface area contributed by atoms with Crippen molar-refractivity contribution in [2.75, 3.05) is 11.9 Å². The van der Waals surface area contributed by atoms with Crippen LogP contribution in [-0.4, -0.2) is 38.8 Å². The number of imide groups is 1. The number of alkyl halides is 2. The zero-order valence-electron chi connectivity index (χ0n) is 16.0. The van der Waals surface area contributed by atoms with Gasteiger partial charge in [-0.2, -0.15) is 0 Å². The molecule has 2 aromatic rings. The van der Waals surface area contributed by atoms with Gasteiger partial charge in [0.05, 0.1) is 11.8 Å². The molecule has 1 aliphatic heterocycles. The minimum atomic E-state index is -0.359. The summed E-state index contributed by atoms with van der Waals surface area (Å²) < 4.78 is 0. The van der Waals surface area contributed by atoms with Crippen LogP contribution in [0.2, 0.25) is 0 Å². The molecule has 154 valence electrons. The van der Waals surface area contributed by atoms with E-state index in [1.54, 1.807) is 0 Å². The van der Waals surface area contributed by atoms with Crippen molar-refractivity contribution in [3.05, 3.63) is 54.6 Å². The van der Waals surface area contributed by atoms with E-state index < -0.39 is 0 Å². The van der Waals surface area contributed by atoms with Gasteiger partial charge in [-0.1, -0.05) is 74.3 Å². The second kappa shape index (κ2) is 7.61. The Morgan fingerprint density at radius 2 is 1.40 bits per heavy atom. The Labute approximate surface area is 191 Å². The van der Waals surface area contributed by atoms with Gasteiger partial charge in [0.1, 0.15) is 6.54 Å². The molecule has 3 aliphatic rings. The summed E-state index contributed by atoms with van der Waals surface area (Å²) in [6.07, 6.45) is 0.881. The monoisotopic (exact) mass is 530 g/mol. The molecule has 30 heavy (non-hydrogen) atoms. The van der Waals surface area contributed by atoms with Crippen LogP contribution in [0.4, 0.5) is 5.69 Å². The van der Waals surface area contributed by atoms with Crippen molar-refractivity contribution in [1.29, 1.82) is 0 Å². The van der Waals surface area contributed by atoms with Crippen LogP contribution < -0.4 is 5.32 Å². The molecule has 1 saturated heterocycles. The maximum atomic E-state index is 12.9. The average Bonchev–Trinajstić information content (AvgIpc) is 3.36. The fourth-order valence-electron chi connectivity index (χ4n) is 5.29. The molecule has 0 unspecified atom stereocenters. The number of rotatable bonds is 4. The van der Waals surface area contributed by atoms with Crippen LogP contribution >= 0.6 is 31.9 Å². The normalized spacial score (nSPS) is 31.9. The molecule has 2 aliphatic carbocycles. The highest BCUT2D eigenvalue weighted by Gasteiger charge is 2.66. The highest BCUT2D eigenvalue weighted by Crippen LogP contribution is 2.60.